The number of nitrogens with zero attached hydrogens (tertiary/aromatic N) is 3. The maximum atomic E-state index is 12.9. The van der Waals surface area contributed by atoms with Crippen molar-refractivity contribution in [3.8, 4) is 11.4 Å². The van der Waals surface area contributed by atoms with Gasteiger partial charge in [0.1, 0.15) is 4.75 Å². The van der Waals surface area contributed by atoms with Crippen LogP contribution in [0.4, 0.5) is 5.69 Å². The number of anilines is 1. The molecule has 0 fully saturated rings. The van der Waals surface area contributed by atoms with E-state index in [1.807, 2.05) is 49.4 Å². The van der Waals surface area contributed by atoms with E-state index in [9.17, 15) is 14.7 Å². The molecule has 32 heavy (non-hydrogen) atoms. The first kappa shape index (κ1) is 23.5. The monoisotopic (exact) mass is 454 g/mol. The Morgan fingerprint density at radius 3 is 2.44 bits per heavy atom. The summed E-state index contributed by atoms with van der Waals surface area (Å²) in [6, 6.07) is 16.5. The summed E-state index contributed by atoms with van der Waals surface area (Å²) in [6.45, 7) is 6.59. The lowest BCUT2D eigenvalue weighted by molar-refractivity contribution is -0.138. The van der Waals surface area contributed by atoms with Crippen molar-refractivity contribution in [3.63, 3.8) is 0 Å². The second kappa shape index (κ2) is 10.4. The highest BCUT2D eigenvalue weighted by molar-refractivity contribution is 8.01. The van der Waals surface area contributed by atoms with Crippen molar-refractivity contribution in [1.82, 2.24) is 14.8 Å². The summed E-state index contributed by atoms with van der Waals surface area (Å²) in [5.41, 5.74) is 1.40. The highest BCUT2D eigenvalue weighted by Gasteiger charge is 2.28. The molecule has 0 unspecified atom stereocenters. The van der Waals surface area contributed by atoms with Crippen molar-refractivity contribution >= 4 is 29.3 Å². The minimum absolute atomic E-state index is 0.189. The highest BCUT2D eigenvalue weighted by Crippen LogP contribution is 2.33. The van der Waals surface area contributed by atoms with Gasteiger partial charge < -0.3 is 15.2 Å². The molecule has 168 valence electrons. The number of rotatable bonds is 10. The van der Waals surface area contributed by atoms with Crippen LogP contribution in [0.5, 0.6) is 0 Å². The van der Waals surface area contributed by atoms with E-state index >= 15 is 0 Å². The number of hydrogen-bond acceptors (Lipinski definition) is 6. The lowest BCUT2D eigenvalue weighted by Crippen LogP contribution is -2.26. The summed E-state index contributed by atoms with van der Waals surface area (Å²) >= 11 is 1.26. The lowest BCUT2D eigenvalue weighted by Gasteiger charge is -2.18. The van der Waals surface area contributed by atoms with Crippen LogP contribution in [0.1, 0.15) is 31.4 Å². The molecule has 2 aromatic carbocycles. The second-order valence-corrected chi connectivity index (χ2v) is 9.14. The van der Waals surface area contributed by atoms with Crippen LogP contribution in [0, 0.1) is 0 Å². The maximum Gasteiger partial charge on any atom is 0.319 e. The zero-order chi connectivity index (χ0) is 23.1. The van der Waals surface area contributed by atoms with Gasteiger partial charge in [-0.05, 0) is 45.0 Å². The van der Waals surface area contributed by atoms with Crippen LogP contribution in [0.2, 0.25) is 0 Å². The summed E-state index contributed by atoms with van der Waals surface area (Å²) < 4.78 is 6.02. The van der Waals surface area contributed by atoms with Gasteiger partial charge in [0.2, 0.25) is 5.82 Å². The standard InChI is InChI=1S/C23H26N4O4S/c1-4-31-15-14-27-20(21(28)24-17-8-6-5-7-9-17)25-19(26-27)16-10-12-18(13-11-16)32-23(2,3)22(29)30/h5-13H,4,14-15H2,1-3H3,(H,24,28)(H,29,30). The van der Waals surface area contributed by atoms with E-state index in [-0.39, 0.29) is 11.7 Å². The highest BCUT2D eigenvalue weighted by atomic mass is 32.2. The zero-order valence-corrected chi connectivity index (χ0v) is 19.1. The fourth-order valence-corrected chi connectivity index (χ4v) is 3.75. The number of benzene rings is 2. The van der Waals surface area contributed by atoms with Gasteiger partial charge in [-0.2, -0.15) is 5.10 Å². The Kier molecular flexibility index (Phi) is 7.66. The molecule has 1 heterocycles. The fourth-order valence-electron chi connectivity index (χ4n) is 2.80. The fraction of sp³-hybridized carbons (Fsp3) is 0.304. The van der Waals surface area contributed by atoms with Crippen LogP contribution in [-0.2, 0) is 16.1 Å². The first-order chi connectivity index (χ1) is 15.3. The number of carboxylic acids is 1. The average molecular weight is 455 g/mol. The number of amides is 1. The third kappa shape index (κ3) is 5.95. The third-order valence-corrected chi connectivity index (χ3v) is 5.75. The van der Waals surface area contributed by atoms with E-state index in [0.717, 1.165) is 10.5 Å². The van der Waals surface area contributed by atoms with Crippen molar-refractivity contribution in [2.45, 2.75) is 37.0 Å². The van der Waals surface area contributed by atoms with Gasteiger partial charge in [0.05, 0.1) is 13.2 Å². The quantitative estimate of drug-likeness (QED) is 0.349. The van der Waals surface area contributed by atoms with E-state index in [4.69, 9.17) is 4.74 Å². The molecule has 1 amide bonds. The molecule has 2 N–H and O–H groups in total. The number of carbonyl (C=O) groups is 2. The van der Waals surface area contributed by atoms with Gasteiger partial charge in [-0.15, -0.1) is 11.8 Å². The Bertz CT molecular complexity index is 1070. The molecule has 0 spiro atoms. The van der Waals surface area contributed by atoms with Gasteiger partial charge in [-0.1, -0.05) is 30.3 Å². The number of carbonyl (C=O) groups excluding carboxylic acids is 1. The molecule has 0 aliphatic carbocycles. The van der Waals surface area contributed by atoms with E-state index in [2.05, 4.69) is 15.4 Å². The normalized spacial score (nSPS) is 11.3. The molecule has 0 radical (unpaired) electrons. The number of aromatic nitrogens is 3. The molecule has 0 aliphatic rings. The van der Waals surface area contributed by atoms with Gasteiger partial charge in [-0.3, -0.25) is 9.59 Å². The molecule has 9 heteroatoms. The predicted molar refractivity (Wildman–Crippen MR) is 124 cm³/mol. The predicted octanol–water partition coefficient (Wildman–Crippen LogP) is 4.19. The average Bonchev–Trinajstić information content (AvgIpc) is 3.19. The number of aliphatic carboxylic acids is 1. The summed E-state index contributed by atoms with van der Waals surface area (Å²) in [5.74, 6) is -0.639. The van der Waals surface area contributed by atoms with Crippen molar-refractivity contribution in [3.05, 3.63) is 60.4 Å². The Balaban J connectivity index is 1.84. The van der Waals surface area contributed by atoms with Crippen LogP contribution in [0.3, 0.4) is 0 Å². The van der Waals surface area contributed by atoms with E-state index in [1.54, 1.807) is 30.7 Å². The Labute approximate surface area is 191 Å². The molecule has 1 aromatic heterocycles. The number of para-hydroxylation sites is 1. The minimum atomic E-state index is -0.941. The van der Waals surface area contributed by atoms with Crippen molar-refractivity contribution in [2.24, 2.45) is 0 Å². The van der Waals surface area contributed by atoms with Crippen LogP contribution in [0.15, 0.2) is 59.5 Å². The molecular formula is C23H26N4O4S. The van der Waals surface area contributed by atoms with E-state index in [1.165, 1.54) is 11.8 Å². The summed E-state index contributed by atoms with van der Waals surface area (Å²) in [6.07, 6.45) is 0. The molecule has 3 rings (SSSR count). The number of ether oxygens (including phenoxy) is 1. The van der Waals surface area contributed by atoms with E-state index < -0.39 is 10.7 Å². The Hall–Kier alpha value is -3.17. The van der Waals surface area contributed by atoms with Gasteiger partial charge in [-0.25, -0.2) is 9.67 Å². The molecule has 0 saturated carbocycles. The van der Waals surface area contributed by atoms with Gasteiger partial charge in [0.15, 0.2) is 5.82 Å². The molecule has 0 bridgehead atoms. The first-order valence-corrected chi connectivity index (χ1v) is 11.0. The Morgan fingerprint density at radius 1 is 1.12 bits per heavy atom. The third-order valence-electron chi connectivity index (χ3n) is 4.56. The van der Waals surface area contributed by atoms with Gasteiger partial charge in [0, 0.05) is 22.8 Å². The molecule has 8 nitrogen and oxygen atoms in total. The second-order valence-electron chi connectivity index (χ2n) is 7.44. The number of thioether (sulfide) groups is 1. The minimum Gasteiger partial charge on any atom is -0.480 e. The lowest BCUT2D eigenvalue weighted by atomic mass is 10.2. The van der Waals surface area contributed by atoms with Crippen LogP contribution >= 0.6 is 11.8 Å². The van der Waals surface area contributed by atoms with Crippen molar-refractivity contribution < 1.29 is 19.4 Å². The molecular weight excluding hydrogens is 428 g/mol. The number of nitrogens with one attached hydrogen (secondary N) is 1. The summed E-state index contributed by atoms with van der Waals surface area (Å²) in [7, 11) is 0. The molecule has 0 atom stereocenters. The van der Waals surface area contributed by atoms with E-state index in [0.29, 0.717) is 31.3 Å². The zero-order valence-electron chi connectivity index (χ0n) is 18.2. The van der Waals surface area contributed by atoms with Crippen molar-refractivity contribution in [2.75, 3.05) is 18.5 Å². The molecule has 0 saturated heterocycles. The van der Waals surface area contributed by atoms with Crippen LogP contribution in [-0.4, -0.2) is 49.7 Å². The van der Waals surface area contributed by atoms with Crippen LogP contribution < -0.4 is 5.32 Å². The number of carboxylic acid groups (broad SMARTS) is 1. The van der Waals surface area contributed by atoms with Crippen molar-refractivity contribution in [1.29, 1.82) is 0 Å². The Morgan fingerprint density at radius 2 is 1.81 bits per heavy atom. The molecule has 3 aromatic rings. The largest absolute Gasteiger partial charge is 0.480 e. The summed E-state index contributed by atoms with van der Waals surface area (Å²) in [4.78, 5) is 29.5. The summed E-state index contributed by atoms with van der Waals surface area (Å²) in [5, 5.41) is 16.7. The number of hydrogen-bond donors (Lipinski definition) is 2. The van der Waals surface area contributed by atoms with Gasteiger partial charge in [0.25, 0.3) is 5.91 Å². The topological polar surface area (TPSA) is 106 Å². The van der Waals surface area contributed by atoms with Crippen LogP contribution in [0.25, 0.3) is 11.4 Å². The maximum absolute atomic E-state index is 12.9. The first-order valence-electron chi connectivity index (χ1n) is 10.2. The SMILES string of the molecule is CCOCCn1nc(-c2ccc(SC(C)(C)C(=O)O)cc2)nc1C(=O)Nc1ccccc1. The van der Waals surface area contributed by atoms with Gasteiger partial charge >= 0.3 is 5.97 Å². The smallest absolute Gasteiger partial charge is 0.319 e. The molecule has 0 aliphatic heterocycles.